The summed E-state index contributed by atoms with van der Waals surface area (Å²) in [5.74, 6) is 0.886. The Kier molecular flexibility index (Phi) is 7.63. The van der Waals surface area contributed by atoms with Gasteiger partial charge in [0.2, 0.25) is 0 Å². The van der Waals surface area contributed by atoms with Crippen LogP contribution in [0.15, 0.2) is 18.2 Å². The second kappa shape index (κ2) is 10.6. The number of methoxy groups -OCH3 is 1. The number of amides is 2. The fraction of sp³-hybridized carbons (Fsp3) is 0.476. The molecule has 0 aliphatic heterocycles. The first kappa shape index (κ1) is 23.0. The molecule has 0 saturated heterocycles. The maximum atomic E-state index is 11.9. The molecule has 2 atom stereocenters. The average molecular weight is 444 g/mol. The number of aryl methyl sites for hydroxylation is 1. The third-order valence-electron chi connectivity index (χ3n) is 5.34. The highest BCUT2D eigenvalue weighted by Gasteiger charge is 2.27. The number of carbonyl (C=O) groups is 2. The van der Waals surface area contributed by atoms with E-state index in [0.29, 0.717) is 23.1 Å². The molecule has 2 heterocycles. The molecule has 0 bridgehead atoms. The molecule has 0 aromatic carbocycles. The van der Waals surface area contributed by atoms with Gasteiger partial charge in [0.05, 0.1) is 24.5 Å². The highest BCUT2D eigenvalue weighted by atomic mass is 16.5. The number of carbonyl (C=O) groups excluding carboxylic acids is 1. The topological polar surface area (TPSA) is 164 Å². The molecule has 172 valence electrons. The zero-order valence-corrected chi connectivity index (χ0v) is 18.2. The molecule has 1 aliphatic carbocycles. The van der Waals surface area contributed by atoms with Crippen molar-refractivity contribution in [2.24, 2.45) is 5.73 Å². The van der Waals surface area contributed by atoms with Gasteiger partial charge in [-0.25, -0.2) is 9.78 Å². The van der Waals surface area contributed by atoms with Gasteiger partial charge in [0.15, 0.2) is 11.5 Å². The molecule has 11 nitrogen and oxygen atoms in total. The van der Waals surface area contributed by atoms with Crippen LogP contribution in [-0.4, -0.2) is 51.5 Å². The number of carboxylic acid groups (broad SMARTS) is 1. The van der Waals surface area contributed by atoms with E-state index in [1.165, 1.54) is 0 Å². The second-order valence-corrected chi connectivity index (χ2v) is 7.67. The van der Waals surface area contributed by atoms with Crippen molar-refractivity contribution in [2.75, 3.05) is 17.7 Å². The first-order valence-electron chi connectivity index (χ1n) is 10.7. The number of nitrogens with one attached hydrogen (secondary N) is 3. The minimum absolute atomic E-state index is 0.0194. The van der Waals surface area contributed by atoms with Crippen LogP contribution in [0.5, 0.6) is 5.75 Å². The van der Waals surface area contributed by atoms with Crippen LogP contribution in [-0.2, 0) is 6.42 Å². The Bertz CT molecular complexity index is 969. The van der Waals surface area contributed by atoms with Crippen LogP contribution in [0.1, 0.15) is 55.2 Å². The first-order valence-corrected chi connectivity index (χ1v) is 10.7. The monoisotopic (exact) mass is 443 g/mol. The predicted molar refractivity (Wildman–Crippen MR) is 119 cm³/mol. The van der Waals surface area contributed by atoms with Crippen molar-refractivity contribution in [1.29, 1.82) is 0 Å². The molecular formula is C21H29N7O4. The molecule has 1 fully saturated rings. The normalized spacial score (nSPS) is 17.9. The fourth-order valence-electron chi connectivity index (χ4n) is 3.86. The molecule has 2 unspecified atom stereocenters. The average Bonchev–Trinajstić information content (AvgIpc) is 2.75. The lowest BCUT2D eigenvalue weighted by atomic mass is 9.90. The molecule has 2 aromatic rings. The lowest BCUT2D eigenvalue weighted by Gasteiger charge is -2.32. The van der Waals surface area contributed by atoms with E-state index in [9.17, 15) is 9.59 Å². The number of primary amides is 1. The first-order chi connectivity index (χ1) is 15.4. The molecule has 32 heavy (non-hydrogen) atoms. The third-order valence-corrected chi connectivity index (χ3v) is 5.34. The van der Waals surface area contributed by atoms with Crippen LogP contribution >= 0.6 is 0 Å². The molecule has 1 aliphatic rings. The van der Waals surface area contributed by atoms with Gasteiger partial charge in [-0.15, -0.1) is 10.2 Å². The van der Waals surface area contributed by atoms with Crippen LogP contribution in [0, 0.1) is 0 Å². The van der Waals surface area contributed by atoms with Crippen LogP contribution < -0.4 is 26.4 Å². The van der Waals surface area contributed by atoms with E-state index < -0.39 is 12.0 Å². The Morgan fingerprint density at radius 1 is 1.19 bits per heavy atom. The van der Waals surface area contributed by atoms with Gasteiger partial charge in [0.25, 0.3) is 5.91 Å². The van der Waals surface area contributed by atoms with Gasteiger partial charge in [-0.05, 0) is 31.4 Å². The van der Waals surface area contributed by atoms with Crippen LogP contribution in [0.3, 0.4) is 0 Å². The number of hydrogen-bond acceptors (Lipinski definition) is 8. The van der Waals surface area contributed by atoms with Crippen LogP contribution in [0.4, 0.5) is 22.1 Å². The Morgan fingerprint density at radius 2 is 1.94 bits per heavy atom. The van der Waals surface area contributed by atoms with Crippen LogP contribution in [0.2, 0.25) is 0 Å². The molecule has 0 spiro atoms. The van der Waals surface area contributed by atoms with E-state index in [2.05, 4.69) is 38.1 Å². The van der Waals surface area contributed by atoms with E-state index in [-0.39, 0.29) is 17.8 Å². The van der Waals surface area contributed by atoms with Crippen molar-refractivity contribution in [3.63, 3.8) is 0 Å². The van der Waals surface area contributed by atoms with Gasteiger partial charge in [-0.2, -0.15) is 0 Å². The van der Waals surface area contributed by atoms with E-state index in [0.717, 1.165) is 44.2 Å². The highest BCUT2D eigenvalue weighted by Crippen LogP contribution is 2.26. The molecule has 6 N–H and O–H groups in total. The van der Waals surface area contributed by atoms with Gasteiger partial charge in [0.1, 0.15) is 11.6 Å². The largest absolute Gasteiger partial charge is 0.495 e. The number of anilines is 3. The summed E-state index contributed by atoms with van der Waals surface area (Å²) in [5, 5.41) is 26.1. The van der Waals surface area contributed by atoms with E-state index >= 15 is 0 Å². The Hall–Kier alpha value is -3.63. The molecule has 3 rings (SSSR count). The smallest absolute Gasteiger partial charge is 0.404 e. The number of nitrogens with zero attached hydrogens (tertiary/aromatic N) is 3. The van der Waals surface area contributed by atoms with Gasteiger partial charge in [-0.1, -0.05) is 26.2 Å². The molecular weight excluding hydrogens is 414 g/mol. The van der Waals surface area contributed by atoms with Crippen molar-refractivity contribution < 1.29 is 19.4 Å². The molecule has 2 amide bonds. The number of aromatic nitrogens is 3. The minimum Gasteiger partial charge on any atom is -0.495 e. The molecule has 1 saturated carbocycles. The van der Waals surface area contributed by atoms with Gasteiger partial charge >= 0.3 is 6.09 Å². The minimum atomic E-state index is -1.06. The van der Waals surface area contributed by atoms with Gasteiger partial charge < -0.3 is 31.5 Å². The maximum absolute atomic E-state index is 11.9. The van der Waals surface area contributed by atoms with Crippen molar-refractivity contribution >= 4 is 29.3 Å². The zero-order chi connectivity index (χ0) is 23.1. The van der Waals surface area contributed by atoms with Crippen molar-refractivity contribution in [3.8, 4) is 5.75 Å². The summed E-state index contributed by atoms with van der Waals surface area (Å²) in [5.41, 5.74) is 6.62. The molecule has 0 radical (unpaired) electrons. The number of pyridine rings is 1. The number of rotatable bonds is 9. The van der Waals surface area contributed by atoms with Crippen molar-refractivity contribution in [1.82, 2.24) is 20.5 Å². The lowest BCUT2D eigenvalue weighted by molar-refractivity contribution is 0.0995. The Labute approximate surface area is 186 Å². The number of ether oxygens (including phenoxy) is 1. The van der Waals surface area contributed by atoms with Gasteiger partial charge in [-0.3, -0.25) is 4.79 Å². The van der Waals surface area contributed by atoms with Crippen LogP contribution in [0.25, 0.3) is 0 Å². The summed E-state index contributed by atoms with van der Waals surface area (Å²) in [6.45, 7) is 2.05. The van der Waals surface area contributed by atoms with Crippen molar-refractivity contribution in [2.45, 2.75) is 57.5 Å². The van der Waals surface area contributed by atoms with Crippen molar-refractivity contribution in [3.05, 3.63) is 29.6 Å². The summed E-state index contributed by atoms with van der Waals surface area (Å²) >= 11 is 0. The number of nitrogens with two attached hydrogens (primary N) is 1. The summed E-state index contributed by atoms with van der Waals surface area (Å²) < 4.78 is 5.36. The van der Waals surface area contributed by atoms with E-state index in [1.54, 1.807) is 19.2 Å². The highest BCUT2D eigenvalue weighted by molar-refractivity contribution is 5.97. The Balaban J connectivity index is 1.86. The zero-order valence-electron chi connectivity index (χ0n) is 18.2. The second-order valence-electron chi connectivity index (χ2n) is 7.67. The molecule has 11 heteroatoms. The predicted octanol–water partition coefficient (Wildman–Crippen LogP) is 2.67. The summed E-state index contributed by atoms with van der Waals surface area (Å²) in [7, 11) is 1.59. The quantitative estimate of drug-likeness (QED) is 0.392. The fourth-order valence-corrected chi connectivity index (χ4v) is 3.86. The maximum Gasteiger partial charge on any atom is 0.404 e. The summed E-state index contributed by atoms with van der Waals surface area (Å²) in [4.78, 5) is 27.6. The van der Waals surface area contributed by atoms with Gasteiger partial charge in [0, 0.05) is 12.1 Å². The summed E-state index contributed by atoms with van der Waals surface area (Å²) in [6.07, 6.45) is 4.02. The molecule has 2 aromatic heterocycles. The summed E-state index contributed by atoms with van der Waals surface area (Å²) in [6, 6.07) is 4.80. The number of hydrogen-bond donors (Lipinski definition) is 5. The standard InChI is InChI=1S/C21H29N7O4/c1-3-6-14-16(32-2)9-10-17(24-14)25-15-11-18(27-28-19(15)20(22)29)23-12-7-4-5-8-13(12)26-21(30)31/h9-13,26H,3-8H2,1-2H3,(H2,22,29)(H,30,31)(H2,23,24,25,27). The lowest BCUT2D eigenvalue weighted by Crippen LogP contribution is -2.48. The van der Waals surface area contributed by atoms with E-state index in [1.807, 2.05) is 6.07 Å². The SMILES string of the molecule is CCCc1nc(Nc2cc(NC3CCCCC3NC(=O)O)nnc2C(N)=O)ccc1OC. The third kappa shape index (κ3) is 5.74. The Morgan fingerprint density at radius 3 is 2.59 bits per heavy atom. The van der Waals surface area contributed by atoms with E-state index in [4.69, 9.17) is 15.6 Å².